The molecule has 2 N–H and O–H groups in total. The molecule has 2 saturated carbocycles. The van der Waals surface area contributed by atoms with Crippen LogP contribution in [0.2, 0.25) is 0 Å². The maximum Gasteiger partial charge on any atom is 0.229 e. The Hall–Kier alpha value is -2.10. The van der Waals surface area contributed by atoms with Crippen molar-refractivity contribution < 1.29 is 4.79 Å². The second-order valence-electron chi connectivity index (χ2n) is 6.23. The summed E-state index contributed by atoms with van der Waals surface area (Å²) >= 11 is 0. The van der Waals surface area contributed by atoms with Gasteiger partial charge in [0.25, 0.3) is 0 Å². The Balaban J connectivity index is 1.43. The van der Waals surface area contributed by atoms with Gasteiger partial charge in [-0.1, -0.05) is 30.3 Å². The highest BCUT2D eigenvalue weighted by atomic mass is 16.2. The van der Waals surface area contributed by atoms with Gasteiger partial charge in [-0.3, -0.25) is 9.89 Å². The summed E-state index contributed by atoms with van der Waals surface area (Å²) in [5.74, 6) is 1.89. The average Bonchev–Trinajstić information content (AvgIpc) is 3.41. The molecule has 1 amide bonds. The van der Waals surface area contributed by atoms with Gasteiger partial charge < -0.3 is 5.32 Å². The van der Waals surface area contributed by atoms with Crippen LogP contribution in [-0.2, 0) is 4.79 Å². The van der Waals surface area contributed by atoms with Crippen LogP contribution < -0.4 is 5.32 Å². The Labute approximate surface area is 124 Å². The van der Waals surface area contributed by atoms with Crippen LogP contribution in [0.4, 0.5) is 5.82 Å². The number of H-pyrrole nitrogens is 1. The van der Waals surface area contributed by atoms with E-state index in [1.54, 1.807) is 0 Å². The Kier molecular flexibility index (Phi) is 2.84. The first-order valence-electron chi connectivity index (χ1n) is 7.64. The molecule has 2 aliphatic rings. The Morgan fingerprint density at radius 3 is 2.76 bits per heavy atom. The maximum atomic E-state index is 12.3. The van der Waals surface area contributed by atoms with Crippen molar-refractivity contribution in [3.63, 3.8) is 0 Å². The zero-order chi connectivity index (χ0) is 14.4. The van der Waals surface area contributed by atoms with Gasteiger partial charge in [0.05, 0.1) is 0 Å². The smallest absolute Gasteiger partial charge is 0.229 e. The fraction of sp³-hybridized carbons (Fsp3) is 0.412. The summed E-state index contributed by atoms with van der Waals surface area (Å²) in [6, 6.07) is 10.3. The van der Waals surface area contributed by atoms with E-state index in [4.69, 9.17) is 0 Å². The molecule has 0 unspecified atom stereocenters. The lowest BCUT2D eigenvalue weighted by atomic mass is 10.1. The summed E-state index contributed by atoms with van der Waals surface area (Å²) in [4.78, 5) is 12.3. The van der Waals surface area contributed by atoms with Gasteiger partial charge in [0, 0.05) is 23.1 Å². The van der Waals surface area contributed by atoms with Crippen molar-refractivity contribution in [3.05, 3.63) is 47.2 Å². The molecule has 0 radical (unpaired) electrons. The summed E-state index contributed by atoms with van der Waals surface area (Å²) in [6.07, 6.45) is 3.40. The Bertz CT molecular complexity index is 673. The summed E-state index contributed by atoms with van der Waals surface area (Å²) in [6.45, 7) is 2.04. The third-order valence-electron chi connectivity index (χ3n) is 4.63. The van der Waals surface area contributed by atoms with Gasteiger partial charge in [-0.15, -0.1) is 0 Å². The number of rotatable bonds is 4. The first kappa shape index (κ1) is 12.6. The van der Waals surface area contributed by atoms with Gasteiger partial charge >= 0.3 is 0 Å². The number of nitrogens with one attached hydrogen (secondary N) is 2. The second-order valence-corrected chi connectivity index (χ2v) is 6.23. The molecule has 2 aliphatic carbocycles. The van der Waals surface area contributed by atoms with E-state index < -0.39 is 0 Å². The lowest BCUT2D eigenvalue weighted by molar-refractivity contribution is -0.117. The number of hydrogen-bond donors (Lipinski definition) is 2. The molecule has 0 aliphatic heterocycles. The van der Waals surface area contributed by atoms with Crippen molar-refractivity contribution in [2.45, 2.75) is 38.0 Å². The van der Waals surface area contributed by atoms with Crippen LogP contribution in [0.15, 0.2) is 30.3 Å². The van der Waals surface area contributed by atoms with Gasteiger partial charge in [-0.25, -0.2) is 0 Å². The van der Waals surface area contributed by atoms with E-state index in [2.05, 4.69) is 27.6 Å². The number of carbonyl (C=O) groups excluding carboxylic acids is 1. The van der Waals surface area contributed by atoms with Gasteiger partial charge in [0.2, 0.25) is 5.91 Å². The molecule has 21 heavy (non-hydrogen) atoms. The fourth-order valence-electron chi connectivity index (χ4n) is 3.07. The highest BCUT2D eigenvalue weighted by Crippen LogP contribution is 2.48. The van der Waals surface area contributed by atoms with E-state index in [0.29, 0.717) is 17.7 Å². The van der Waals surface area contributed by atoms with E-state index in [9.17, 15) is 4.79 Å². The molecule has 1 aromatic carbocycles. The molecule has 0 bridgehead atoms. The van der Waals surface area contributed by atoms with Crippen molar-refractivity contribution in [1.82, 2.24) is 10.2 Å². The van der Waals surface area contributed by atoms with Crippen LogP contribution in [0, 0.1) is 12.8 Å². The second kappa shape index (κ2) is 4.72. The molecule has 4 rings (SSSR count). The normalized spacial score (nSPS) is 23.9. The lowest BCUT2D eigenvalue weighted by Crippen LogP contribution is -2.15. The maximum absolute atomic E-state index is 12.3. The molecule has 4 heteroatoms. The zero-order valence-corrected chi connectivity index (χ0v) is 12.1. The summed E-state index contributed by atoms with van der Waals surface area (Å²) in [5.41, 5.74) is 3.55. The van der Waals surface area contributed by atoms with Crippen LogP contribution in [0.5, 0.6) is 0 Å². The molecule has 108 valence electrons. The van der Waals surface area contributed by atoms with Crippen molar-refractivity contribution in [3.8, 4) is 0 Å². The zero-order valence-electron chi connectivity index (χ0n) is 12.1. The first-order valence-corrected chi connectivity index (χ1v) is 7.64. The highest BCUT2D eigenvalue weighted by Gasteiger charge is 2.44. The molecule has 2 aromatic rings. The van der Waals surface area contributed by atoms with Crippen LogP contribution in [0.1, 0.15) is 47.9 Å². The third-order valence-corrected chi connectivity index (χ3v) is 4.63. The van der Waals surface area contributed by atoms with Crippen molar-refractivity contribution >= 4 is 11.7 Å². The number of aromatic nitrogens is 2. The monoisotopic (exact) mass is 281 g/mol. The van der Waals surface area contributed by atoms with E-state index in [1.807, 2.05) is 25.1 Å². The molecule has 1 aromatic heterocycles. The van der Waals surface area contributed by atoms with Gasteiger partial charge in [0.1, 0.15) is 0 Å². The van der Waals surface area contributed by atoms with Gasteiger partial charge in [0.15, 0.2) is 5.82 Å². The van der Waals surface area contributed by atoms with Crippen LogP contribution in [-0.4, -0.2) is 16.1 Å². The van der Waals surface area contributed by atoms with Crippen molar-refractivity contribution in [1.29, 1.82) is 0 Å². The van der Waals surface area contributed by atoms with Crippen LogP contribution in [0.25, 0.3) is 0 Å². The largest absolute Gasteiger partial charge is 0.309 e. The molecule has 4 nitrogen and oxygen atoms in total. The van der Waals surface area contributed by atoms with Crippen molar-refractivity contribution in [2.24, 2.45) is 5.92 Å². The number of hydrogen-bond acceptors (Lipinski definition) is 2. The number of nitrogens with zero attached hydrogens (tertiary/aromatic N) is 1. The SMILES string of the molecule is Cc1c(NC(=O)[C@@H]2C[C@H]2c2ccccc2)n[nH]c1C1CC1. The highest BCUT2D eigenvalue weighted by molar-refractivity contribution is 5.95. The molecule has 2 atom stereocenters. The van der Waals surface area contributed by atoms with Crippen LogP contribution >= 0.6 is 0 Å². The minimum atomic E-state index is 0.0906. The quantitative estimate of drug-likeness (QED) is 0.903. The number of anilines is 1. The van der Waals surface area contributed by atoms with E-state index in [1.165, 1.54) is 24.1 Å². The molecule has 0 spiro atoms. The van der Waals surface area contributed by atoms with E-state index >= 15 is 0 Å². The molecule has 1 heterocycles. The minimum absolute atomic E-state index is 0.0906. The number of aromatic amines is 1. The number of carbonyl (C=O) groups is 1. The third kappa shape index (κ3) is 2.35. The summed E-state index contributed by atoms with van der Waals surface area (Å²) < 4.78 is 0. The molecular weight excluding hydrogens is 262 g/mol. The standard InChI is InChI=1S/C17H19N3O/c1-10-15(12-7-8-12)19-20-16(10)18-17(21)14-9-13(14)11-5-3-2-4-6-11/h2-6,12-14H,7-9H2,1H3,(H2,18,19,20,21)/t13-,14+/m0/s1. The summed E-state index contributed by atoms with van der Waals surface area (Å²) in [5, 5.41) is 10.3. The van der Waals surface area contributed by atoms with Crippen molar-refractivity contribution in [2.75, 3.05) is 5.32 Å². The van der Waals surface area contributed by atoms with Gasteiger partial charge in [-0.05, 0) is 37.7 Å². The van der Waals surface area contributed by atoms with Crippen LogP contribution in [0.3, 0.4) is 0 Å². The lowest BCUT2D eigenvalue weighted by Gasteiger charge is -2.03. The minimum Gasteiger partial charge on any atom is -0.309 e. The first-order chi connectivity index (χ1) is 10.2. The molecule has 0 saturated heterocycles. The van der Waals surface area contributed by atoms with E-state index in [-0.39, 0.29) is 11.8 Å². The predicted octanol–water partition coefficient (Wildman–Crippen LogP) is 3.34. The van der Waals surface area contributed by atoms with E-state index in [0.717, 1.165) is 12.0 Å². The fourth-order valence-corrected chi connectivity index (χ4v) is 3.07. The summed E-state index contributed by atoms with van der Waals surface area (Å²) in [7, 11) is 0. The Morgan fingerprint density at radius 1 is 1.29 bits per heavy atom. The van der Waals surface area contributed by atoms with Gasteiger partial charge in [-0.2, -0.15) is 5.10 Å². The number of amides is 1. The average molecular weight is 281 g/mol. The molecule has 2 fully saturated rings. The number of benzene rings is 1. The topological polar surface area (TPSA) is 57.8 Å². The predicted molar refractivity (Wildman–Crippen MR) is 81.2 cm³/mol. The Morgan fingerprint density at radius 2 is 2.05 bits per heavy atom. The molecular formula is C17H19N3O.